The van der Waals surface area contributed by atoms with Gasteiger partial charge in [0, 0.05) is 11.5 Å². The summed E-state index contributed by atoms with van der Waals surface area (Å²) in [5.41, 5.74) is 4.57. The van der Waals surface area contributed by atoms with Crippen LogP contribution in [0.3, 0.4) is 0 Å². The normalized spacial score (nSPS) is 12.2. The predicted octanol–water partition coefficient (Wildman–Crippen LogP) is 7.40. The largest absolute Gasteiger partial charge is 0.454 e. The van der Waals surface area contributed by atoms with Crippen LogP contribution in [0.4, 0.5) is 0 Å². The third kappa shape index (κ3) is 5.55. The summed E-state index contributed by atoms with van der Waals surface area (Å²) in [7, 11) is 0. The van der Waals surface area contributed by atoms with Gasteiger partial charge in [-0.05, 0) is 71.8 Å². The summed E-state index contributed by atoms with van der Waals surface area (Å²) in [4.78, 5) is 37.3. The van der Waals surface area contributed by atoms with Crippen LogP contribution < -0.4 is 20.6 Å². The molecule has 1 aliphatic rings. The molecule has 0 saturated carbocycles. The van der Waals surface area contributed by atoms with Gasteiger partial charge >= 0.3 is 0 Å². The smallest absolute Gasteiger partial charge is 0.266 e. The van der Waals surface area contributed by atoms with E-state index >= 15 is 0 Å². The van der Waals surface area contributed by atoms with Crippen LogP contribution in [0.25, 0.3) is 33.2 Å². The number of fused-ring (bicyclic) bond motifs is 3. The number of aromatic nitrogens is 4. The molecule has 8 nitrogen and oxygen atoms in total. The number of rotatable bonds is 8. The average molecular weight is 655 g/mol. The van der Waals surface area contributed by atoms with E-state index in [9.17, 15) is 9.59 Å². The minimum Gasteiger partial charge on any atom is -0.454 e. The van der Waals surface area contributed by atoms with Gasteiger partial charge in [-0.1, -0.05) is 84.2 Å². The van der Waals surface area contributed by atoms with Crippen LogP contribution >= 0.6 is 23.5 Å². The van der Waals surface area contributed by atoms with Crippen LogP contribution in [-0.4, -0.2) is 25.9 Å². The maximum atomic E-state index is 13.7. The van der Waals surface area contributed by atoms with Gasteiger partial charge in [0.1, 0.15) is 0 Å². The molecular weight excluding hydrogens is 629 g/mol. The summed E-state index contributed by atoms with van der Waals surface area (Å²) in [5.74, 6) is 2.37. The molecule has 0 atom stereocenters. The van der Waals surface area contributed by atoms with Gasteiger partial charge in [0.05, 0.1) is 33.2 Å². The molecule has 3 heterocycles. The lowest BCUT2D eigenvalue weighted by Crippen LogP contribution is -2.21. The molecule has 0 unspecified atom stereocenters. The van der Waals surface area contributed by atoms with E-state index in [4.69, 9.17) is 19.4 Å². The van der Waals surface area contributed by atoms with E-state index < -0.39 is 0 Å². The Balaban J connectivity index is 1.17. The number of benzene rings is 5. The van der Waals surface area contributed by atoms with Gasteiger partial charge in [-0.3, -0.25) is 18.7 Å². The molecule has 0 saturated heterocycles. The molecule has 230 valence electrons. The van der Waals surface area contributed by atoms with Crippen molar-refractivity contribution in [1.29, 1.82) is 0 Å². The topological polar surface area (TPSA) is 88.2 Å². The Kier molecular flexibility index (Phi) is 7.72. The lowest BCUT2D eigenvalue weighted by molar-refractivity contribution is 0.174. The van der Waals surface area contributed by atoms with Crippen LogP contribution in [0.15, 0.2) is 141 Å². The fourth-order valence-corrected chi connectivity index (χ4v) is 7.67. The van der Waals surface area contributed by atoms with Gasteiger partial charge in [-0.15, -0.1) is 0 Å². The summed E-state index contributed by atoms with van der Waals surface area (Å²) in [6, 6.07) is 37.9. The Labute approximate surface area is 277 Å². The molecule has 5 aromatic carbocycles. The maximum absolute atomic E-state index is 13.7. The Morgan fingerprint density at radius 1 is 0.553 bits per heavy atom. The van der Waals surface area contributed by atoms with Crippen molar-refractivity contribution in [3.63, 3.8) is 0 Å². The zero-order chi connectivity index (χ0) is 31.7. The third-order valence-corrected chi connectivity index (χ3v) is 9.90. The van der Waals surface area contributed by atoms with Gasteiger partial charge in [-0.25, -0.2) is 9.97 Å². The molecule has 0 N–H and O–H groups in total. The Morgan fingerprint density at radius 2 is 0.957 bits per heavy atom. The second-order valence-electron chi connectivity index (χ2n) is 10.8. The molecule has 1 aliphatic heterocycles. The van der Waals surface area contributed by atoms with E-state index in [1.54, 1.807) is 9.13 Å². The van der Waals surface area contributed by atoms with Gasteiger partial charge in [0.15, 0.2) is 21.8 Å². The van der Waals surface area contributed by atoms with Crippen molar-refractivity contribution in [2.24, 2.45) is 0 Å². The molecule has 2 aromatic heterocycles. The number of hydrogen-bond acceptors (Lipinski definition) is 8. The molecule has 0 spiro atoms. The number of nitrogens with zero attached hydrogens (tertiary/aromatic N) is 4. The van der Waals surface area contributed by atoms with Crippen molar-refractivity contribution in [2.75, 3.05) is 6.79 Å². The number of thioether (sulfide) groups is 2. The van der Waals surface area contributed by atoms with Gasteiger partial charge in [-0.2, -0.15) is 0 Å². The fraction of sp³-hybridized carbons (Fsp3) is 0.0811. The molecule has 7 aromatic rings. The summed E-state index contributed by atoms with van der Waals surface area (Å²) < 4.78 is 14.9. The van der Waals surface area contributed by atoms with Crippen LogP contribution in [-0.2, 0) is 11.5 Å². The highest BCUT2D eigenvalue weighted by Gasteiger charge is 2.21. The molecule has 0 aliphatic carbocycles. The van der Waals surface area contributed by atoms with Crippen molar-refractivity contribution in [1.82, 2.24) is 19.1 Å². The van der Waals surface area contributed by atoms with E-state index in [1.807, 2.05) is 121 Å². The quantitative estimate of drug-likeness (QED) is 0.124. The Bertz CT molecular complexity index is 2230. The second-order valence-corrected chi connectivity index (χ2v) is 12.7. The van der Waals surface area contributed by atoms with Crippen LogP contribution in [0.1, 0.15) is 11.1 Å². The number of para-hydroxylation sites is 4. The lowest BCUT2D eigenvalue weighted by atomic mass is 10.1. The third-order valence-electron chi connectivity index (χ3n) is 7.93. The summed E-state index contributed by atoms with van der Waals surface area (Å²) in [5, 5.41) is 2.30. The fourth-order valence-electron chi connectivity index (χ4n) is 5.61. The van der Waals surface area contributed by atoms with Crippen LogP contribution in [0.2, 0.25) is 0 Å². The molecule has 47 heavy (non-hydrogen) atoms. The van der Waals surface area contributed by atoms with Crippen molar-refractivity contribution in [3.05, 3.63) is 153 Å². The first-order chi connectivity index (χ1) is 23.1. The van der Waals surface area contributed by atoms with Crippen LogP contribution in [0.5, 0.6) is 11.5 Å². The lowest BCUT2D eigenvalue weighted by Gasteiger charge is -2.16. The highest BCUT2D eigenvalue weighted by molar-refractivity contribution is 7.98. The van der Waals surface area contributed by atoms with E-state index in [-0.39, 0.29) is 17.9 Å². The van der Waals surface area contributed by atoms with Crippen molar-refractivity contribution in [3.8, 4) is 22.9 Å². The first-order valence-electron chi connectivity index (χ1n) is 15.0. The van der Waals surface area contributed by atoms with Crippen LogP contribution in [0, 0.1) is 0 Å². The van der Waals surface area contributed by atoms with Crippen molar-refractivity contribution < 1.29 is 9.47 Å². The molecule has 0 radical (unpaired) electrons. The van der Waals surface area contributed by atoms with E-state index in [0.29, 0.717) is 55.1 Å². The first kappa shape index (κ1) is 29.1. The summed E-state index contributed by atoms with van der Waals surface area (Å²) in [6.07, 6.45) is 0. The maximum Gasteiger partial charge on any atom is 0.266 e. The average Bonchev–Trinajstić information content (AvgIpc) is 3.58. The summed E-state index contributed by atoms with van der Waals surface area (Å²) >= 11 is 2.97. The molecule has 10 heteroatoms. The minimum absolute atomic E-state index is 0.118. The molecule has 8 rings (SSSR count). The zero-order valence-electron chi connectivity index (χ0n) is 24.9. The van der Waals surface area contributed by atoms with Gasteiger partial charge in [0.2, 0.25) is 6.79 Å². The zero-order valence-corrected chi connectivity index (χ0v) is 26.5. The predicted molar refractivity (Wildman–Crippen MR) is 186 cm³/mol. The second kappa shape index (κ2) is 12.5. The molecule has 0 amide bonds. The highest BCUT2D eigenvalue weighted by atomic mass is 32.2. The minimum atomic E-state index is -0.118. The van der Waals surface area contributed by atoms with Crippen molar-refractivity contribution in [2.45, 2.75) is 21.8 Å². The van der Waals surface area contributed by atoms with Crippen molar-refractivity contribution >= 4 is 45.3 Å². The molecule has 0 fully saturated rings. The monoisotopic (exact) mass is 654 g/mol. The highest BCUT2D eigenvalue weighted by Crippen LogP contribution is 2.39. The van der Waals surface area contributed by atoms with Gasteiger partial charge < -0.3 is 9.47 Å². The van der Waals surface area contributed by atoms with E-state index in [0.717, 1.165) is 22.5 Å². The van der Waals surface area contributed by atoms with E-state index in [2.05, 4.69) is 0 Å². The Hall–Kier alpha value is -5.32. The summed E-state index contributed by atoms with van der Waals surface area (Å²) in [6.45, 7) is 0.151. The molecule has 0 bridgehead atoms. The van der Waals surface area contributed by atoms with E-state index in [1.165, 1.54) is 23.5 Å². The standard InChI is InChI=1S/C37H26N4O4S2/c42-34-28-15-7-9-17-30(28)38-36(40(34)26-11-3-1-4-12-26)46-21-24-19-32-33(45-23-44-32)20-25(24)22-47-37-39-31-18-10-8-16-29(31)35(43)41(37)27-13-5-2-6-14-27/h1-20H,21-23H2. The number of ether oxygens (including phenoxy) is 2. The Morgan fingerprint density at radius 3 is 1.40 bits per heavy atom. The number of hydrogen-bond donors (Lipinski definition) is 0. The van der Waals surface area contributed by atoms with Gasteiger partial charge in [0.25, 0.3) is 11.1 Å². The molecular formula is C37H26N4O4S2. The SMILES string of the molecule is O=c1c2ccccc2nc(SCc2cc3c(cc2CSc2nc4ccccc4c(=O)n2-c2ccccc2)OCO3)n1-c1ccccc1. The first-order valence-corrected chi connectivity index (χ1v) is 16.9.